The van der Waals surface area contributed by atoms with E-state index in [0.717, 1.165) is 16.9 Å². The lowest BCUT2D eigenvalue weighted by atomic mass is 10.2. The SMILES string of the molecule is Cc1ccc(NC(=O)CN(C)Cc2cnn(-c3ccccc3)c2)cc1. The first kappa shape index (κ1) is 16.9. The summed E-state index contributed by atoms with van der Waals surface area (Å²) in [6.07, 6.45) is 3.82. The monoisotopic (exact) mass is 334 g/mol. The summed E-state index contributed by atoms with van der Waals surface area (Å²) in [7, 11) is 1.93. The molecule has 25 heavy (non-hydrogen) atoms. The number of carbonyl (C=O) groups excluding carboxylic acids is 1. The molecule has 2 aromatic carbocycles. The van der Waals surface area contributed by atoms with Gasteiger partial charge in [0, 0.05) is 24.0 Å². The van der Waals surface area contributed by atoms with E-state index in [1.807, 2.05) is 90.5 Å². The van der Waals surface area contributed by atoms with Gasteiger partial charge in [-0.3, -0.25) is 9.69 Å². The maximum atomic E-state index is 12.2. The Kier molecular flexibility index (Phi) is 5.26. The van der Waals surface area contributed by atoms with Crippen LogP contribution in [0.4, 0.5) is 5.69 Å². The summed E-state index contributed by atoms with van der Waals surface area (Å²) in [5.41, 5.74) is 4.08. The molecule has 3 rings (SSSR count). The summed E-state index contributed by atoms with van der Waals surface area (Å²) in [5.74, 6) is -0.0261. The zero-order valence-corrected chi connectivity index (χ0v) is 14.5. The van der Waals surface area contributed by atoms with Crippen LogP contribution in [-0.4, -0.2) is 34.2 Å². The molecule has 3 aromatic rings. The van der Waals surface area contributed by atoms with Crippen LogP contribution in [-0.2, 0) is 11.3 Å². The number of nitrogens with zero attached hydrogens (tertiary/aromatic N) is 3. The van der Waals surface area contributed by atoms with Gasteiger partial charge in [0.1, 0.15) is 0 Å². The highest BCUT2D eigenvalue weighted by Crippen LogP contribution is 2.10. The second-order valence-corrected chi connectivity index (χ2v) is 6.22. The molecule has 1 heterocycles. The maximum absolute atomic E-state index is 12.2. The first-order valence-corrected chi connectivity index (χ1v) is 8.24. The Bertz CT molecular complexity index is 824. The topological polar surface area (TPSA) is 50.2 Å². The summed E-state index contributed by atoms with van der Waals surface area (Å²) in [6, 6.07) is 17.8. The molecule has 0 fully saturated rings. The smallest absolute Gasteiger partial charge is 0.238 e. The van der Waals surface area contributed by atoms with Gasteiger partial charge in [0.15, 0.2) is 0 Å². The molecule has 0 unspecified atom stereocenters. The third-order valence-electron chi connectivity index (χ3n) is 3.86. The number of aromatic nitrogens is 2. The van der Waals surface area contributed by atoms with Crippen molar-refractivity contribution in [3.8, 4) is 5.69 Å². The van der Waals surface area contributed by atoms with E-state index in [2.05, 4.69) is 10.4 Å². The molecule has 0 radical (unpaired) electrons. The highest BCUT2D eigenvalue weighted by atomic mass is 16.2. The number of benzene rings is 2. The number of amides is 1. The van der Waals surface area contributed by atoms with E-state index >= 15 is 0 Å². The molecule has 0 aliphatic rings. The van der Waals surface area contributed by atoms with Crippen molar-refractivity contribution in [1.82, 2.24) is 14.7 Å². The highest BCUT2D eigenvalue weighted by Gasteiger charge is 2.09. The van der Waals surface area contributed by atoms with E-state index in [-0.39, 0.29) is 5.91 Å². The average Bonchev–Trinajstić information content (AvgIpc) is 3.06. The van der Waals surface area contributed by atoms with Crippen LogP contribution < -0.4 is 5.32 Å². The number of rotatable bonds is 6. The predicted molar refractivity (Wildman–Crippen MR) is 99.7 cm³/mol. The van der Waals surface area contributed by atoms with Gasteiger partial charge in [-0.25, -0.2) is 4.68 Å². The van der Waals surface area contributed by atoms with Gasteiger partial charge < -0.3 is 5.32 Å². The molecule has 1 aromatic heterocycles. The molecular formula is C20H22N4O. The van der Waals surface area contributed by atoms with Crippen LogP contribution in [0.5, 0.6) is 0 Å². The van der Waals surface area contributed by atoms with Crippen LogP contribution in [0.15, 0.2) is 67.0 Å². The Morgan fingerprint density at radius 1 is 1.12 bits per heavy atom. The number of likely N-dealkylation sites (N-methyl/N-ethyl adjacent to an activating group) is 1. The van der Waals surface area contributed by atoms with E-state index in [4.69, 9.17) is 0 Å². The molecule has 1 amide bonds. The van der Waals surface area contributed by atoms with Crippen molar-refractivity contribution in [1.29, 1.82) is 0 Å². The normalized spacial score (nSPS) is 10.8. The van der Waals surface area contributed by atoms with Crippen molar-refractivity contribution in [2.24, 2.45) is 0 Å². The van der Waals surface area contributed by atoms with E-state index < -0.39 is 0 Å². The fourth-order valence-corrected chi connectivity index (χ4v) is 2.61. The number of carbonyl (C=O) groups is 1. The fraction of sp³-hybridized carbons (Fsp3) is 0.200. The van der Waals surface area contributed by atoms with Gasteiger partial charge >= 0.3 is 0 Å². The van der Waals surface area contributed by atoms with E-state index in [0.29, 0.717) is 13.1 Å². The standard InChI is InChI=1S/C20H22N4O/c1-16-8-10-18(11-9-16)22-20(25)15-23(2)13-17-12-21-24(14-17)19-6-4-3-5-7-19/h3-12,14H,13,15H2,1-2H3,(H,22,25). The lowest BCUT2D eigenvalue weighted by molar-refractivity contribution is -0.117. The quantitative estimate of drug-likeness (QED) is 0.753. The van der Waals surface area contributed by atoms with Crippen LogP contribution in [0.1, 0.15) is 11.1 Å². The zero-order chi connectivity index (χ0) is 17.6. The molecule has 0 saturated carbocycles. The van der Waals surface area contributed by atoms with Gasteiger partial charge in [-0.1, -0.05) is 35.9 Å². The molecular weight excluding hydrogens is 312 g/mol. The third-order valence-corrected chi connectivity index (χ3v) is 3.86. The van der Waals surface area contributed by atoms with E-state index in [9.17, 15) is 4.79 Å². The number of hydrogen-bond donors (Lipinski definition) is 1. The van der Waals surface area contributed by atoms with Crippen molar-refractivity contribution in [3.05, 3.63) is 78.1 Å². The van der Waals surface area contributed by atoms with Crippen molar-refractivity contribution in [3.63, 3.8) is 0 Å². The molecule has 5 nitrogen and oxygen atoms in total. The number of hydrogen-bond acceptors (Lipinski definition) is 3. The van der Waals surface area contributed by atoms with Crippen LogP contribution in [0.3, 0.4) is 0 Å². The first-order chi connectivity index (χ1) is 12.1. The molecule has 0 atom stereocenters. The second kappa shape index (κ2) is 7.77. The summed E-state index contributed by atoms with van der Waals surface area (Å²) >= 11 is 0. The summed E-state index contributed by atoms with van der Waals surface area (Å²) < 4.78 is 1.84. The molecule has 0 aliphatic heterocycles. The van der Waals surface area contributed by atoms with E-state index in [1.54, 1.807) is 0 Å². The Morgan fingerprint density at radius 3 is 2.56 bits per heavy atom. The van der Waals surface area contributed by atoms with E-state index in [1.165, 1.54) is 5.56 Å². The van der Waals surface area contributed by atoms with Crippen molar-refractivity contribution >= 4 is 11.6 Å². The van der Waals surface area contributed by atoms with Crippen LogP contribution >= 0.6 is 0 Å². The van der Waals surface area contributed by atoms with Gasteiger partial charge in [0.05, 0.1) is 18.4 Å². The third kappa shape index (κ3) is 4.78. The summed E-state index contributed by atoms with van der Waals surface area (Å²) in [5, 5.41) is 7.30. The largest absolute Gasteiger partial charge is 0.325 e. The van der Waals surface area contributed by atoms with Gasteiger partial charge in [-0.05, 0) is 38.2 Å². The zero-order valence-electron chi connectivity index (χ0n) is 14.5. The molecule has 0 spiro atoms. The fourth-order valence-electron chi connectivity index (χ4n) is 2.61. The van der Waals surface area contributed by atoms with Crippen molar-refractivity contribution < 1.29 is 4.79 Å². The molecule has 0 saturated heterocycles. The Labute approximate surface area is 147 Å². The first-order valence-electron chi connectivity index (χ1n) is 8.24. The maximum Gasteiger partial charge on any atom is 0.238 e. The summed E-state index contributed by atoms with van der Waals surface area (Å²) in [4.78, 5) is 14.1. The van der Waals surface area contributed by atoms with Gasteiger partial charge in [-0.15, -0.1) is 0 Å². The van der Waals surface area contributed by atoms with Gasteiger partial charge in [0.25, 0.3) is 0 Å². The molecule has 128 valence electrons. The highest BCUT2D eigenvalue weighted by molar-refractivity contribution is 5.92. The van der Waals surface area contributed by atoms with Crippen LogP contribution in [0, 0.1) is 6.92 Å². The summed E-state index contributed by atoms with van der Waals surface area (Å²) in [6.45, 7) is 3.01. The minimum atomic E-state index is -0.0261. The molecule has 5 heteroatoms. The number of anilines is 1. The number of aryl methyl sites for hydroxylation is 1. The lowest BCUT2D eigenvalue weighted by Crippen LogP contribution is -2.29. The lowest BCUT2D eigenvalue weighted by Gasteiger charge is -2.15. The van der Waals surface area contributed by atoms with Gasteiger partial charge in [-0.2, -0.15) is 5.10 Å². The minimum absolute atomic E-state index is 0.0261. The Hall–Kier alpha value is -2.92. The minimum Gasteiger partial charge on any atom is -0.325 e. The molecule has 0 aliphatic carbocycles. The number of para-hydroxylation sites is 1. The van der Waals surface area contributed by atoms with Crippen LogP contribution in [0.25, 0.3) is 5.69 Å². The molecule has 1 N–H and O–H groups in total. The van der Waals surface area contributed by atoms with Crippen molar-refractivity contribution in [2.45, 2.75) is 13.5 Å². The van der Waals surface area contributed by atoms with Gasteiger partial charge in [0.2, 0.25) is 5.91 Å². The second-order valence-electron chi connectivity index (χ2n) is 6.22. The average molecular weight is 334 g/mol. The number of nitrogens with one attached hydrogen (secondary N) is 1. The molecule has 0 bridgehead atoms. The van der Waals surface area contributed by atoms with Crippen molar-refractivity contribution in [2.75, 3.05) is 18.9 Å². The van der Waals surface area contributed by atoms with Crippen LogP contribution in [0.2, 0.25) is 0 Å². The predicted octanol–water partition coefficient (Wildman–Crippen LogP) is 3.25. The Morgan fingerprint density at radius 2 is 1.84 bits per heavy atom. The Balaban J connectivity index is 1.54.